The summed E-state index contributed by atoms with van der Waals surface area (Å²) < 4.78 is 10.5. The minimum atomic E-state index is 0.369. The molecule has 1 rings (SSSR count). The van der Waals surface area contributed by atoms with Crippen LogP contribution >= 0.6 is 0 Å². The number of benzene rings is 1. The normalized spacial score (nSPS) is 10.6. The lowest BCUT2D eigenvalue weighted by molar-refractivity contribution is -0.119. The van der Waals surface area contributed by atoms with Crippen LogP contribution in [0.4, 0.5) is 0 Å². The van der Waals surface area contributed by atoms with Crippen LogP contribution in [0.2, 0.25) is 0 Å². The maximum atomic E-state index is 12.0. The Bertz CT molecular complexity index is 454. The maximum absolute atomic E-state index is 12.0. The molecule has 0 aromatic heterocycles. The number of Topliss-reactive ketones (excluding diaryl/α,β-unsaturated/α-hetero) is 1. The molecule has 0 spiro atoms. The van der Waals surface area contributed by atoms with Gasteiger partial charge in [0.2, 0.25) is 0 Å². The summed E-state index contributed by atoms with van der Waals surface area (Å²) in [5.74, 6) is 1.82. The first kappa shape index (κ1) is 19.5. The molecule has 0 aliphatic heterocycles. The minimum Gasteiger partial charge on any atom is -0.493 e. The van der Waals surface area contributed by atoms with Gasteiger partial charge in [0.15, 0.2) is 11.5 Å². The Labute approximate surface area is 141 Å². The summed E-state index contributed by atoms with van der Waals surface area (Å²) in [6.45, 7) is 2.23. The van der Waals surface area contributed by atoms with Crippen molar-refractivity contribution in [1.29, 1.82) is 0 Å². The Morgan fingerprint density at radius 2 is 1.52 bits per heavy atom. The largest absolute Gasteiger partial charge is 0.493 e. The van der Waals surface area contributed by atoms with E-state index in [9.17, 15) is 4.79 Å². The summed E-state index contributed by atoms with van der Waals surface area (Å²) in [6.07, 6.45) is 10.9. The molecular formula is C20H32O3. The van der Waals surface area contributed by atoms with Gasteiger partial charge >= 0.3 is 0 Å². The lowest BCUT2D eigenvalue weighted by Crippen LogP contribution is -2.01. The Balaban J connectivity index is 2.20. The minimum absolute atomic E-state index is 0.369. The van der Waals surface area contributed by atoms with Crippen LogP contribution in [0.1, 0.15) is 70.3 Å². The van der Waals surface area contributed by atoms with Gasteiger partial charge in [-0.3, -0.25) is 4.79 Å². The molecule has 0 unspecified atom stereocenters. The van der Waals surface area contributed by atoms with Crippen molar-refractivity contribution in [3.8, 4) is 11.5 Å². The fourth-order valence-electron chi connectivity index (χ4n) is 2.72. The zero-order valence-corrected chi connectivity index (χ0v) is 15.0. The van der Waals surface area contributed by atoms with Crippen LogP contribution < -0.4 is 9.47 Å². The molecule has 0 atom stereocenters. The molecule has 3 nitrogen and oxygen atoms in total. The van der Waals surface area contributed by atoms with Crippen LogP contribution in [0.3, 0.4) is 0 Å². The zero-order valence-electron chi connectivity index (χ0n) is 15.0. The molecule has 0 radical (unpaired) electrons. The summed E-state index contributed by atoms with van der Waals surface area (Å²) >= 11 is 0. The second-order valence-corrected chi connectivity index (χ2v) is 6.10. The van der Waals surface area contributed by atoms with E-state index in [1.54, 1.807) is 14.2 Å². The van der Waals surface area contributed by atoms with E-state index in [1.807, 2.05) is 18.2 Å². The Kier molecular flexibility index (Phi) is 10.2. The SMILES string of the molecule is CCCCCCCCCC(=O)CCc1ccc(OC)c(OC)c1. The highest BCUT2D eigenvalue weighted by molar-refractivity contribution is 5.78. The third-order valence-electron chi connectivity index (χ3n) is 4.20. The molecule has 1 aromatic carbocycles. The second kappa shape index (κ2) is 12.0. The van der Waals surface area contributed by atoms with Crippen molar-refractivity contribution in [1.82, 2.24) is 0 Å². The third-order valence-corrected chi connectivity index (χ3v) is 4.20. The van der Waals surface area contributed by atoms with E-state index in [-0.39, 0.29) is 0 Å². The third kappa shape index (κ3) is 8.06. The number of rotatable bonds is 13. The van der Waals surface area contributed by atoms with Gasteiger partial charge in [0, 0.05) is 12.8 Å². The molecule has 0 saturated carbocycles. The quantitative estimate of drug-likeness (QED) is 0.460. The number of unbranched alkanes of at least 4 members (excludes halogenated alkanes) is 6. The van der Waals surface area contributed by atoms with Crippen molar-refractivity contribution >= 4 is 5.78 Å². The lowest BCUT2D eigenvalue weighted by Gasteiger charge is -2.09. The van der Waals surface area contributed by atoms with E-state index in [1.165, 1.54) is 38.5 Å². The number of hydrogen-bond acceptors (Lipinski definition) is 3. The first-order valence-corrected chi connectivity index (χ1v) is 8.93. The van der Waals surface area contributed by atoms with Gasteiger partial charge < -0.3 is 9.47 Å². The van der Waals surface area contributed by atoms with E-state index in [0.29, 0.717) is 12.2 Å². The Morgan fingerprint density at radius 1 is 0.870 bits per heavy atom. The van der Waals surface area contributed by atoms with Gasteiger partial charge in [-0.15, -0.1) is 0 Å². The number of carbonyl (C=O) groups excluding carboxylic acids is 1. The van der Waals surface area contributed by atoms with Crippen molar-refractivity contribution in [2.24, 2.45) is 0 Å². The number of methoxy groups -OCH3 is 2. The van der Waals surface area contributed by atoms with Gasteiger partial charge in [-0.25, -0.2) is 0 Å². The molecule has 1 aromatic rings. The number of hydrogen-bond donors (Lipinski definition) is 0. The van der Waals surface area contributed by atoms with Crippen molar-refractivity contribution < 1.29 is 14.3 Å². The van der Waals surface area contributed by atoms with Gasteiger partial charge in [0.1, 0.15) is 5.78 Å². The molecule has 0 aliphatic carbocycles. The molecule has 130 valence electrons. The fraction of sp³-hybridized carbons (Fsp3) is 0.650. The Hall–Kier alpha value is -1.51. The van der Waals surface area contributed by atoms with Crippen LogP contribution in [0.25, 0.3) is 0 Å². The van der Waals surface area contributed by atoms with Crippen LogP contribution in [0, 0.1) is 0 Å². The van der Waals surface area contributed by atoms with Crippen LogP contribution in [-0.2, 0) is 11.2 Å². The number of ketones is 1. The van der Waals surface area contributed by atoms with Crippen LogP contribution in [0.15, 0.2) is 18.2 Å². The molecule has 0 saturated heterocycles. The highest BCUT2D eigenvalue weighted by Gasteiger charge is 2.07. The molecular weight excluding hydrogens is 288 g/mol. The van der Waals surface area contributed by atoms with E-state index < -0.39 is 0 Å². The van der Waals surface area contributed by atoms with Crippen molar-refractivity contribution in [3.63, 3.8) is 0 Å². The maximum Gasteiger partial charge on any atom is 0.160 e. The molecule has 3 heteroatoms. The second-order valence-electron chi connectivity index (χ2n) is 6.10. The van der Waals surface area contributed by atoms with E-state index in [2.05, 4.69) is 6.92 Å². The average Bonchev–Trinajstić information content (AvgIpc) is 2.58. The molecule has 0 N–H and O–H groups in total. The molecule has 23 heavy (non-hydrogen) atoms. The number of carbonyl (C=O) groups is 1. The van der Waals surface area contributed by atoms with Gasteiger partial charge in [-0.1, -0.05) is 51.5 Å². The van der Waals surface area contributed by atoms with E-state index >= 15 is 0 Å². The van der Waals surface area contributed by atoms with Crippen LogP contribution in [0.5, 0.6) is 11.5 Å². The van der Waals surface area contributed by atoms with Crippen molar-refractivity contribution in [2.45, 2.75) is 71.1 Å². The number of aryl methyl sites for hydroxylation is 1. The van der Waals surface area contributed by atoms with Crippen molar-refractivity contribution in [3.05, 3.63) is 23.8 Å². The summed E-state index contributed by atoms with van der Waals surface area (Å²) in [5, 5.41) is 0. The highest BCUT2D eigenvalue weighted by atomic mass is 16.5. The van der Waals surface area contributed by atoms with E-state index in [4.69, 9.17) is 9.47 Å². The predicted molar refractivity (Wildman–Crippen MR) is 95.5 cm³/mol. The molecule has 0 heterocycles. The first-order chi connectivity index (χ1) is 11.2. The summed E-state index contributed by atoms with van der Waals surface area (Å²) in [7, 11) is 3.26. The fourth-order valence-corrected chi connectivity index (χ4v) is 2.72. The number of ether oxygens (including phenoxy) is 2. The first-order valence-electron chi connectivity index (χ1n) is 8.93. The summed E-state index contributed by atoms with van der Waals surface area (Å²) in [6, 6.07) is 5.86. The van der Waals surface area contributed by atoms with Gasteiger partial charge in [-0.2, -0.15) is 0 Å². The highest BCUT2D eigenvalue weighted by Crippen LogP contribution is 2.28. The summed E-state index contributed by atoms with van der Waals surface area (Å²) in [4.78, 5) is 12.0. The molecule has 0 amide bonds. The smallest absolute Gasteiger partial charge is 0.160 e. The lowest BCUT2D eigenvalue weighted by atomic mass is 10.0. The van der Waals surface area contributed by atoms with Crippen LogP contribution in [-0.4, -0.2) is 20.0 Å². The monoisotopic (exact) mass is 320 g/mol. The molecule has 0 aliphatic rings. The van der Waals surface area contributed by atoms with Gasteiger partial charge in [0.05, 0.1) is 14.2 Å². The molecule has 0 fully saturated rings. The average molecular weight is 320 g/mol. The predicted octanol–water partition coefficient (Wildman–Crippen LogP) is 5.35. The van der Waals surface area contributed by atoms with Gasteiger partial charge in [-0.05, 0) is 30.5 Å². The van der Waals surface area contributed by atoms with E-state index in [0.717, 1.165) is 36.3 Å². The van der Waals surface area contributed by atoms with Gasteiger partial charge in [0.25, 0.3) is 0 Å². The molecule has 0 bridgehead atoms. The summed E-state index contributed by atoms with van der Waals surface area (Å²) in [5.41, 5.74) is 1.12. The topological polar surface area (TPSA) is 35.5 Å². The standard InChI is InChI=1S/C20H32O3/c1-4-5-6-7-8-9-10-11-18(21)14-12-17-13-15-19(22-2)20(16-17)23-3/h13,15-16H,4-12,14H2,1-3H3. The van der Waals surface area contributed by atoms with Crippen molar-refractivity contribution in [2.75, 3.05) is 14.2 Å². The zero-order chi connectivity index (χ0) is 16.9. The Morgan fingerprint density at radius 3 is 2.17 bits per heavy atom.